The van der Waals surface area contributed by atoms with E-state index >= 15 is 0 Å². The number of hydrogen-bond donors (Lipinski definition) is 0. The average Bonchev–Trinajstić information content (AvgIpc) is 2.54. The van der Waals surface area contributed by atoms with Crippen LogP contribution in [0.2, 0.25) is 24.2 Å². The summed E-state index contributed by atoms with van der Waals surface area (Å²) < 4.78 is 23.5. The Morgan fingerprint density at radius 1 is 0.464 bits per heavy atom. The van der Waals surface area contributed by atoms with E-state index in [1.165, 1.54) is 37.0 Å². The first-order chi connectivity index (χ1) is 13.2. The number of hydrogen-bond acceptors (Lipinski definition) is 4. The third-order valence-electron chi connectivity index (χ3n) is 3.77. The Morgan fingerprint density at radius 3 is 1.00 bits per heavy atom. The van der Waals surface area contributed by atoms with E-state index in [9.17, 15) is 0 Å². The molecule has 0 rings (SSSR count). The van der Waals surface area contributed by atoms with Crippen molar-refractivity contribution in [2.75, 3.05) is 0 Å². The molecule has 0 N–H and O–H groups in total. The van der Waals surface area contributed by atoms with Crippen molar-refractivity contribution in [3.8, 4) is 0 Å². The van der Waals surface area contributed by atoms with Gasteiger partial charge in [-0.2, -0.15) is 0 Å². The van der Waals surface area contributed by atoms with Gasteiger partial charge in [0.15, 0.2) is 12.6 Å². The van der Waals surface area contributed by atoms with E-state index in [0.717, 1.165) is 31.9 Å². The maximum atomic E-state index is 5.86. The largest absolute Gasteiger partial charge is 0.350 e. The molecule has 6 heteroatoms. The van der Waals surface area contributed by atoms with Gasteiger partial charge in [0.25, 0.3) is 0 Å². The van der Waals surface area contributed by atoms with E-state index in [-0.39, 0.29) is 37.0 Å². The summed E-state index contributed by atoms with van der Waals surface area (Å²) in [6.07, 6.45) is 5.56. The summed E-state index contributed by atoms with van der Waals surface area (Å²) in [5, 5.41) is 0. The molecule has 4 radical (unpaired) electrons. The molecule has 0 heterocycles. The summed E-state index contributed by atoms with van der Waals surface area (Å²) in [7, 11) is 2.05. The fourth-order valence-electron chi connectivity index (χ4n) is 2.74. The van der Waals surface area contributed by atoms with Crippen LogP contribution in [0.5, 0.6) is 0 Å². The zero-order valence-corrected chi connectivity index (χ0v) is 21.8. The van der Waals surface area contributed by atoms with Gasteiger partial charge in [0.1, 0.15) is 0 Å². The molecule has 0 spiro atoms. The van der Waals surface area contributed by atoms with Gasteiger partial charge in [-0.25, -0.2) is 0 Å². The van der Waals surface area contributed by atoms with E-state index < -0.39 is 0 Å². The minimum Gasteiger partial charge on any atom is -0.350 e. The van der Waals surface area contributed by atoms with Crippen molar-refractivity contribution in [2.45, 2.75) is 142 Å². The third-order valence-corrected chi connectivity index (χ3v) is 6.47. The second kappa shape index (κ2) is 18.1. The molecule has 166 valence electrons. The van der Waals surface area contributed by atoms with Crippen molar-refractivity contribution in [1.82, 2.24) is 0 Å². The van der Waals surface area contributed by atoms with Crippen molar-refractivity contribution in [3.05, 3.63) is 0 Å². The molecule has 0 amide bonds. The van der Waals surface area contributed by atoms with Crippen molar-refractivity contribution >= 4 is 19.0 Å². The lowest BCUT2D eigenvalue weighted by atomic mass is 10.4. The van der Waals surface area contributed by atoms with E-state index in [4.69, 9.17) is 18.9 Å². The van der Waals surface area contributed by atoms with Crippen LogP contribution in [0.15, 0.2) is 0 Å². The molecular weight excluding hydrogens is 384 g/mol. The molecular formula is C22H46O4Si2. The molecule has 0 aliphatic carbocycles. The maximum absolute atomic E-state index is 5.86. The lowest BCUT2D eigenvalue weighted by molar-refractivity contribution is -0.181. The van der Waals surface area contributed by atoms with Crippen LogP contribution in [0.25, 0.3) is 0 Å². The van der Waals surface area contributed by atoms with Crippen molar-refractivity contribution in [2.24, 2.45) is 0 Å². The van der Waals surface area contributed by atoms with Crippen LogP contribution in [0, 0.1) is 0 Å². The average molecular weight is 431 g/mol. The minimum atomic E-state index is -0.0388. The monoisotopic (exact) mass is 430 g/mol. The highest BCUT2D eigenvalue weighted by Crippen LogP contribution is 2.14. The van der Waals surface area contributed by atoms with Crippen LogP contribution in [-0.2, 0) is 18.9 Å². The van der Waals surface area contributed by atoms with E-state index in [1.807, 2.05) is 0 Å². The van der Waals surface area contributed by atoms with Crippen LogP contribution < -0.4 is 0 Å². The number of unbranched alkanes of at least 4 members (excludes halogenated alkanes) is 1. The quantitative estimate of drug-likeness (QED) is 0.143. The standard InChI is InChI=1S/C22H46O4Si2/c1-17(2)23-21(24-18(3)4)11-15-27-13-9-10-14-28-16-12-22(25-19(5)6)26-20(7)8/h17-22H,9-16H2,1-8H3. The van der Waals surface area contributed by atoms with E-state index in [2.05, 4.69) is 55.4 Å². The van der Waals surface area contributed by atoms with Crippen LogP contribution in [0.3, 0.4) is 0 Å². The molecule has 0 saturated heterocycles. The first-order valence-corrected chi connectivity index (χ1v) is 14.1. The van der Waals surface area contributed by atoms with Gasteiger partial charge in [-0.05, 0) is 68.2 Å². The molecule has 0 fully saturated rings. The predicted octanol–water partition coefficient (Wildman–Crippen LogP) is 5.98. The molecule has 0 unspecified atom stereocenters. The maximum Gasteiger partial charge on any atom is 0.157 e. The topological polar surface area (TPSA) is 36.9 Å². The first-order valence-electron chi connectivity index (χ1n) is 11.2. The fraction of sp³-hybridized carbons (Fsp3) is 1.00. The molecule has 0 atom stereocenters. The van der Waals surface area contributed by atoms with Gasteiger partial charge in [-0.3, -0.25) is 0 Å². The van der Waals surface area contributed by atoms with Crippen molar-refractivity contribution < 1.29 is 18.9 Å². The summed E-state index contributed by atoms with van der Waals surface area (Å²) in [5.41, 5.74) is 0. The summed E-state index contributed by atoms with van der Waals surface area (Å²) in [6, 6.07) is 5.12. The lowest BCUT2D eigenvalue weighted by Crippen LogP contribution is -2.24. The Morgan fingerprint density at radius 2 is 0.750 bits per heavy atom. The molecule has 0 aromatic carbocycles. The molecule has 28 heavy (non-hydrogen) atoms. The lowest BCUT2D eigenvalue weighted by Gasteiger charge is -2.23. The second-order valence-electron chi connectivity index (χ2n) is 8.38. The van der Waals surface area contributed by atoms with Gasteiger partial charge in [0.05, 0.1) is 24.4 Å². The Balaban J connectivity index is 3.66. The fourth-order valence-corrected chi connectivity index (χ4v) is 5.12. The molecule has 4 nitrogen and oxygen atoms in total. The number of rotatable bonds is 19. The van der Waals surface area contributed by atoms with Gasteiger partial charge in [0, 0.05) is 19.0 Å². The normalized spacial score (nSPS) is 12.6. The van der Waals surface area contributed by atoms with Gasteiger partial charge in [0.2, 0.25) is 0 Å². The molecule has 0 saturated carbocycles. The smallest absolute Gasteiger partial charge is 0.157 e. The third kappa shape index (κ3) is 19.6. The van der Waals surface area contributed by atoms with Gasteiger partial charge >= 0.3 is 0 Å². The van der Waals surface area contributed by atoms with E-state index in [1.54, 1.807) is 0 Å². The molecule has 0 bridgehead atoms. The highest BCUT2D eigenvalue weighted by Gasteiger charge is 2.14. The summed E-state index contributed by atoms with van der Waals surface area (Å²) in [4.78, 5) is 0. The first kappa shape index (κ1) is 28.3. The van der Waals surface area contributed by atoms with Crippen LogP contribution in [0.1, 0.15) is 81.1 Å². The van der Waals surface area contributed by atoms with Crippen LogP contribution in [0.4, 0.5) is 0 Å². The Kier molecular flexibility index (Phi) is 18.3. The number of ether oxygens (including phenoxy) is 4. The van der Waals surface area contributed by atoms with Crippen LogP contribution in [-0.4, -0.2) is 56.0 Å². The van der Waals surface area contributed by atoms with E-state index in [0.29, 0.717) is 0 Å². The summed E-state index contributed by atoms with van der Waals surface area (Å²) >= 11 is 0. The van der Waals surface area contributed by atoms with Gasteiger partial charge in [-0.15, -0.1) is 0 Å². The predicted molar refractivity (Wildman–Crippen MR) is 122 cm³/mol. The van der Waals surface area contributed by atoms with Gasteiger partial charge in [-0.1, -0.05) is 37.0 Å². The van der Waals surface area contributed by atoms with Crippen molar-refractivity contribution in [3.63, 3.8) is 0 Å². The summed E-state index contributed by atoms with van der Waals surface area (Å²) in [5.74, 6) is 0. The van der Waals surface area contributed by atoms with Crippen molar-refractivity contribution in [1.29, 1.82) is 0 Å². The van der Waals surface area contributed by atoms with Gasteiger partial charge < -0.3 is 18.9 Å². The zero-order chi connectivity index (χ0) is 21.4. The van der Waals surface area contributed by atoms with Crippen LogP contribution >= 0.6 is 0 Å². The summed E-state index contributed by atoms with van der Waals surface area (Å²) in [6.45, 7) is 16.6. The Bertz CT molecular complexity index is 286. The molecule has 0 aromatic rings. The molecule has 0 aliphatic heterocycles. The highest BCUT2D eigenvalue weighted by atomic mass is 28.2. The SMILES string of the molecule is CC(C)OC(CC[Si]CCCC[Si]CCC(OC(C)C)OC(C)C)OC(C)C. The minimum absolute atomic E-state index is 0.0388. The Hall–Kier alpha value is 0.274. The zero-order valence-electron chi connectivity index (χ0n) is 19.8. The second-order valence-corrected chi connectivity index (χ2v) is 11.4. The molecule has 0 aromatic heterocycles. The highest BCUT2D eigenvalue weighted by molar-refractivity contribution is 6.36. The Labute approximate surface area is 180 Å². The molecule has 0 aliphatic rings.